The summed E-state index contributed by atoms with van der Waals surface area (Å²) in [5.41, 5.74) is 7.63. The summed E-state index contributed by atoms with van der Waals surface area (Å²) in [7, 11) is 1.59. The monoisotopic (exact) mass is 304 g/mol. The number of unbranched alkanes of at least 4 members (excludes halogenated alkanes) is 1. The molecule has 0 spiro atoms. The lowest BCUT2D eigenvalue weighted by Gasteiger charge is -2.30. The highest BCUT2D eigenvalue weighted by atomic mass is 16.5. The molecule has 0 aliphatic carbocycles. The summed E-state index contributed by atoms with van der Waals surface area (Å²) in [5.74, 6) is 1.04. The van der Waals surface area contributed by atoms with Gasteiger partial charge >= 0.3 is 0 Å². The number of fused-ring (bicyclic) bond motifs is 1. The number of aliphatic hydroxyl groups excluding tert-OH is 1. The fraction of sp³-hybridized carbons (Fsp3) is 0.500. The lowest BCUT2D eigenvalue weighted by Crippen LogP contribution is -2.38. The average Bonchev–Trinajstić information content (AvgIpc) is 2.52. The van der Waals surface area contributed by atoms with E-state index in [9.17, 15) is 5.11 Å². The molecular formula is C16H24N4O2. The Morgan fingerprint density at radius 2 is 2.18 bits per heavy atom. The molecule has 0 aliphatic heterocycles. The lowest BCUT2D eigenvalue weighted by molar-refractivity contribution is 0.212. The van der Waals surface area contributed by atoms with E-state index in [0.29, 0.717) is 22.6 Å². The van der Waals surface area contributed by atoms with Crippen LogP contribution >= 0.6 is 0 Å². The van der Waals surface area contributed by atoms with Crippen LogP contribution in [0.2, 0.25) is 0 Å². The SMILES string of the molecule is CCCCC(C)(CO)Nc1cc(N)nc2cc(OC)cnc12. The third-order valence-corrected chi connectivity index (χ3v) is 3.74. The molecule has 0 saturated heterocycles. The number of rotatable bonds is 7. The first-order valence-corrected chi connectivity index (χ1v) is 7.50. The molecule has 2 aromatic heterocycles. The fourth-order valence-electron chi connectivity index (χ4n) is 2.40. The highest BCUT2D eigenvalue weighted by Crippen LogP contribution is 2.29. The summed E-state index contributed by atoms with van der Waals surface area (Å²) in [6.07, 6.45) is 4.61. The third-order valence-electron chi connectivity index (χ3n) is 3.74. The Balaban J connectivity index is 2.41. The van der Waals surface area contributed by atoms with Crippen molar-refractivity contribution in [2.24, 2.45) is 0 Å². The van der Waals surface area contributed by atoms with E-state index in [4.69, 9.17) is 10.5 Å². The van der Waals surface area contributed by atoms with Crippen LogP contribution in [0.4, 0.5) is 11.5 Å². The largest absolute Gasteiger partial charge is 0.495 e. The maximum atomic E-state index is 9.75. The van der Waals surface area contributed by atoms with Crippen molar-refractivity contribution in [3.05, 3.63) is 18.3 Å². The first-order chi connectivity index (χ1) is 10.5. The summed E-state index contributed by atoms with van der Waals surface area (Å²) in [4.78, 5) is 8.70. The Bertz CT molecular complexity index is 647. The molecular weight excluding hydrogens is 280 g/mol. The van der Waals surface area contributed by atoms with Crippen LogP contribution in [-0.4, -0.2) is 34.3 Å². The Morgan fingerprint density at radius 3 is 2.82 bits per heavy atom. The predicted octanol–water partition coefficient (Wildman–Crippen LogP) is 2.57. The second-order valence-corrected chi connectivity index (χ2v) is 5.78. The van der Waals surface area contributed by atoms with E-state index in [0.717, 1.165) is 24.9 Å². The van der Waals surface area contributed by atoms with E-state index in [2.05, 4.69) is 22.2 Å². The number of nitrogens with one attached hydrogen (secondary N) is 1. The maximum Gasteiger partial charge on any atom is 0.139 e. The topological polar surface area (TPSA) is 93.3 Å². The van der Waals surface area contributed by atoms with Gasteiger partial charge < -0.3 is 20.9 Å². The molecule has 2 rings (SSSR count). The zero-order valence-electron chi connectivity index (χ0n) is 13.4. The molecule has 2 aromatic rings. The zero-order chi connectivity index (χ0) is 16.2. The van der Waals surface area contributed by atoms with E-state index in [1.54, 1.807) is 25.4 Å². The molecule has 4 N–H and O–H groups in total. The number of hydrogen-bond donors (Lipinski definition) is 3. The molecule has 0 bridgehead atoms. The number of nitrogens with two attached hydrogens (primary N) is 1. The van der Waals surface area contributed by atoms with E-state index in [1.165, 1.54) is 0 Å². The van der Waals surface area contributed by atoms with Crippen LogP contribution in [0.1, 0.15) is 33.1 Å². The van der Waals surface area contributed by atoms with Gasteiger partial charge in [-0.05, 0) is 13.3 Å². The van der Waals surface area contributed by atoms with Crippen molar-refractivity contribution in [2.75, 3.05) is 24.8 Å². The smallest absolute Gasteiger partial charge is 0.139 e. The van der Waals surface area contributed by atoms with Gasteiger partial charge in [0.1, 0.15) is 17.1 Å². The number of nitrogens with zero attached hydrogens (tertiary/aromatic N) is 2. The third kappa shape index (κ3) is 3.57. The van der Waals surface area contributed by atoms with E-state index in [1.807, 2.05) is 6.92 Å². The fourth-order valence-corrected chi connectivity index (χ4v) is 2.40. The van der Waals surface area contributed by atoms with Gasteiger partial charge in [0.2, 0.25) is 0 Å². The minimum Gasteiger partial charge on any atom is -0.495 e. The molecule has 0 saturated carbocycles. The van der Waals surface area contributed by atoms with Crippen LogP contribution in [0.25, 0.3) is 11.0 Å². The van der Waals surface area contributed by atoms with Crippen LogP contribution in [0, 0.1) is 0 Å². The van der Waals surface area contributed by atoms with E-state index in [-0.39, 0.29) is 6.61 Å². The molecule has 0 amide bonds. The molecule has 0 fully saturated rings. The van der Waals surface area contributed by atoms with Crippen LogP contribution in [0.5, 0.6) is 5.75 Å². The van der Waals surface area contributed by atoms with Crippen molar-refractivity contribution in [1.29, 1.82) is 0 Å². The molecule has 0 radical (unpaired) electrons. The second-order valence-electron chi connectivity index (χ2n) is 5.78. The Morgan fingerprint density at radius 1 is 1.41 bits per heavy atom. The van der Waals surface area contributed by atoms with Gasteiger partial charge in [0, 0.05) is 12.1 Å². The van der Waals surface area contributed by atoms with Crippen molar-refractivity contribution in [3.8, 4) is 5.75 Å². The average molecular weight is 304 g/mol. The van der Waals surface area contributed by atoms with E-state index < -0.39 is 5.54 Å². The number of anilines is 2. The number of nitrogen functional groups attached to an aromatic ring is 1. The summed E-state index contributed by atoms with van der Waals surface area (Å²) in [6, 6.07) is 3.55. The van der Waals surface area contributed by atoms with Crippen LogP contribution in [0.3, 0.4) is 0 Å². The van der Waals surface area contributed by atoms with Crippen LogP contribution < -0.4 is 15.8 Å². The molecule has 6 heteroatoms. The van der Waals surface area contributed by atoms with Crippen molar-refractivity contribution in [2.45, 2.75) is 38.6 Å². The van der Waals surface area contributed by atoms with Gasteiger partial charge in [-0.15, -0.1) is 0 Å². The molecule has 0 aliphatic rings. The number of aromatic nitrogens is 2. The Kier molecular flexibility index (Phi) is 5.03. The maximum absolute atomic E-state index is 9.75. The number of methoxy groups -OCH3 is 1. The molecule has 22 heavy (non-hydrogen) atoms. The quantitative estimate of drug-likeness (QED) is 0.728. The van der Waals surface area contributed by atoms with Crippen molar-refractivity contribution in [1.82, 2.24) is 9.97 Å². The van der Waals surface area contributed by atoms with Gasteiger partial charge in [0.25, 0.3) is 0 Å². The summed E-state index contributed by atoms with van der Waals surface area (Å²) in [6.45, 7) is 4.16. The first-order valence-electron chi connectivity index (χ1n) is 7.50. The standard InChI is InChI=1S/C16H24N4O2/c1-4-5-6-16(2,10-21)20-13-8-14(17)19-12-7-11(22-3)9-18-15(12)13/h7-9,21H,4-6,10H2,1-3H3,(H3,17,19,20). The van der Waals surface area contributed by atoms with Gasteiger partial charge in [-0.3, -0.25) is 0 Å². The lowest BCUT2D eigenvalue weighted by atomic mass is 9.95. The van der Waals surface area contributed by atoms with Gasteiger partial charge in [-0.2, -0.15) is 0 Å². The predicted molar refractivity (Wildman–Crippen MR) is 89.1 cm³/mol. The highest BCUT2D eigenvalue weighted by Gasteiger charge is 2.23. The van der Waals surface area contributed by atoms with Gasteiger partial charge in [-0.25, -0.2) is 9.97 Å². The van der Waals surface area contributed by atoms with E-state index >= 15 is 0 Å². The van der Waals surface area contributed by atoms with Gasteiger partial charge in [0.15, 0.2) is 0 Å². The summed E-state index contributed by atoms with van der Waals surface area (Å²) in [5, 5.41) is 13.1. The second kappa shape index (κ2) is 6.79. The molecule has 1 atom stereocenters. The summed E-state index contributed by atoms with van der Waals surface area (Å²) < 4.78 is 5.17. The van der Waals surface area contributed by atoms with Gasteiger partial charge in [0.05, 0.1) is 36.7 Å². The number of ether oxygens (including phenoxy) is 1. The molecule has 120 valence electrons. The number of pyridine rings is 2. The minimum absolute atomic E-state index is 0.0346. The molecule has 6 nitrogen and oxygen atoms in total. The van der Waals surface area contributed by atoms with Crippen molar-refractivity contribution >= 4 is 22.5 Å². The van der Waals surface area contributed by atoms with Crippen molar-refractivity contribution < 1.29 is 9.84 Å². The Hall–Kier alpha value is -2.08. The highest BCUT2D eigenvalue weighted by molar-refractivity contribution is 5.90. The molecule has 2 heterocycles. The first kappa shape index (κ1) is 16.3. The van der Waals surface area contributed by atoms with Crippen molar-refractivity contribution in [3.63, 3.8) is 0 Å². The molecule has 0 aromatic carbocycles. The Labute approximate surface area is 130 Å². The van der Waals surface area contributed by atoms with Crippen LogP contribution in [0.15, 0.2) is 18.3 Å². The number of hydrogen-bond acceptors (Lipinski definition) is 6. The molecule has 1 unspecified atom stereocenters. The summed E-state index contributed by atoms with van der Waals surface area (Å²) >= 11 is 0. The number of aliphatic hydroxyl groups is 1. The normalized spacial score (nSPS) is 13.8. The van der Waals surface area contributed by atoms with Gasteiger partial charge in [-0.1, -0.05) is 19.8 Å². The van der Waals surface area contributed by atoms with Crippen LogP contribution in [-0.2, 0) is 0 Å². The minimum atomic E-state index is -0.418. The zero-order valence-corrected chi connectivity index (χ0v) is 13.4.